The number of rotatable bonds is 3. The van der Waals surface area contributed by atoms with E-state index in [4.69, 9.17) is 0 Å². The van der Waals surface area contributed by atoms with E-state index >= 15 is 0 Å². The Hall–Kier alpha value is -1.42. The molecule has 2 aromatic heterocycles. The number of nitrogens with zero attached hydrogens (tertiary/aromatic N) is 2. The molecular weight excluding hydrogens is 230 g/mol. The third-order valence-electron chi connectivity index (χ3n) is 2.98. The Kier molecular flexibility index (Phi) is 2.81. The quantitative estimate of drug-likeness (QED) is 0.903. The lowest BCUT2D eigenvalue weighted by Crippen LogP contribution is -2.01. The Balaban J connectivity index is 1.67. The molecule has 0 bridgehead atoms. The van der Waals surface area contributed by atoms with Gasteiger partial charge in [0.15, 0.2) is 0 Å². The van der Waals surface area contributed by atoms with E-state index in [1.165, 1.54) is 34.0 Å². The monoisotopic (exact) mass is 245 g/mol. The number of pyridine rings is 1. The molecule has 3 rings (SSSR count). The van der Waals surface area contributed by atoms with E-state index in [1.807, 2.05) is 23.6 Å². The molecule has 0 spiro atoms. The van der Waals surface area contributed by atoms with Crippen LogP contribution in [0.5, 0.6) is 0 Å². The minimum atomic E-state index is 0.786. The van der Waals surface area contributed by atoms with Crippen LogP contribution in [0.15, 0.2) is 18.3 Å². The Morgan fingerprint density at radius 3 is 3.18 bits per heavy atom. The summed E-state index contributed by atoms with van der Waals surface area (Å²) in [6, 6.07) is 4.06. The summed E-state index contributed by atoms with van der Waals surface area (Å²) in [5.41, 5.74) is 2.55. The van der Waals surface area contributed by atoms with Crippen molar-refractivity contribution in [2.45, 2.75) is 32.7 Å². The van der Waals surface area contributed by atoms with Crippen LogP contribution in [0.1, 0.15) is 27.6 Å². The first-order valence-electron chi connectivity index (χ1n) is 5.95. The van der Waals surface area contributed by atoms with Crippen LogP contribution in [0.25, 0.3) is 0 Å². The molecule has 0 fully saturated rings. The van der Waals surface area contributed by atoms with E-state index in [0.717, 1.165) is 18.8 Å². The van der Waals surface area contributed by atoms with Gasteiger partial charge in [-0.15, -0.1) is 11.3 Å². The molecule has 3 nitrogen and oxygen atoms in total. The van der Waals surface area contributed by atoms with E-state index in [-0.39, 0.29) is 0 Å². The first-order valence-corrected chi connectivity index (χ1v) is 6.77. The van der Waals surface area contributed by atoms with Crippen LogP contribution in [-0.2, 0) is 19.4 Å². The largest absolute Gasteiger partial charge is 0.364 e. The summed E-state index contributed by atoms with van der Waals surface area (Å²) in [6.45, 7) is 2.86. The fourth-order valence-corrected chi connectivity index (χ4v) is 3.21. The summed E-state index contributed by atoms with van der Waals surface area (Å²) < 4.78 is 0. The molecule has 1 N–H and O–H groups in total. The highest BCUT2D eigenvalue weighted by Crippen LogP contribution is 2.27. The fourth-order valence-electron chi connectivity index (χ4n) is 2.12. The lowest BCUT2D eigenvalue weighted by molar-refractivity contribution is 0.891. The molecule has 0 atom stereocenters. The summed E-state index contributed by atoms with van der Waals surface area (Å²) in [6.07, 6.45) is 5.49. The van der Waals surface area contributed by atoms with E-state index < -0.39 is 0 Å². The van der Waals surface area contributed by atoms with Gasteiger partial charge in [0.25, 0.3) is 0 Å². The molecule has 0 amide bonds. The Morgan fingerprint density at radius 2 is 2.35 bits per heavy atom. The van der Waals surface area contributed by atoms with Crippen molar-refractivity contribution in [3.63, 3.8) is 0 Å². The molecule has 2 aromatic rings. The summed E-state index contributed by atoms with van der Waals surface area (Å²) >= 11 is 1.84. The van der Waals surface area contributed by atoms with Gasteiger partial charge < -0.3 is 5.32 Å². The van der Waals surface area contributed by atoms with Crippen molar-refractivity contribution in [1.82, 2.24) is 9.97 Å². The predicted octanol–water partition coefficient (Wildman–Crippen LogP) is 2.95. The Morgan fingerprint density at radius 1 is 1.41 bits per heavy atom. The van der Waals surface area contributed by atoms with Crippen LogP contribution in [0.3, 0.4) is 0 Å². The minimum absolute atomic E-state index is 0.786. The third-order valence-corrected chi connectivity index (χ3v) is 4.13. The van der Waals surface area contributed by atoms with Crippen molar-refractivity contribution in [1.29, 1.82) is 0 Å². The molecule has 0 radical (unpaired) electrons. The van der Waals surface area contributed by atoms with Gasteiger partial charge in [0, 0.05) is 11.1 Å². The number of fused-ring (bicyclic) bond motifs is 1. The van der Waals surface area contributed by atoms with Crippen molar-refractivity contribution in [3.8, 4) is 0 Å². The molecule has 0 saturated heterocycles. The minimum Gasteiger partial charge on any atom is -0.364 e. The Bertz CT molecular complexity index is 512. The first-order chi connectivity index (χ1) is 8.31. The maximum absolute atomic E-state index is 4.66. The maximum Gasteiger partial charge on any atom is 0.126 e. The zero-order valence-electron chi connectivity index (χ0n) is 9.86. The van der Waals surface area contributed by atoms with Crippen LogP contribution >= 0.6 is 11.3 Å². The van der Waals surface area contributed by atoms with Crippen LogP contribution in [0.4, 0.5) is 5.82 Å². The zero-order chi connectivity index (χ0) is 11.7. The van der Waals surface area contributed by atoms with E-state index in [0.29, 0.717) is 0 Å². The van der Waals surface area contributed by atoms with E-state index in [2.05, 4.69) is 28.3 Å². The molecular formula is C13H15N3S. The lowest BCUT2D eigenvalue weighted by Gasteiger charge is -2.03. The van der Waals surface area contributed by atoms with Crippen molar-refractivity contribution in [2.24, 2.45) is 0 Å². The number of nitrogens with one attached hydrogen (secondary N) is 1. The molecule has 0 saturated carbocycles. The predicted molar refractivity (Wildman–Crippen MR) is 70.4 cm³/mol. The Labute approximate surface area is 105 Å². The highest BCUT2D eigenvalue weighted by Gasteiger charge is 2.16. The number of anilines is 1. The van der Waals surface area contributed by atoms with Crippen LogP contribution < -0.4 is 5.32 Å². The SMILES string of the molecule is Cc1ccnc(NCc2nc3c(s2)CCC3)c1. The molecule has 0 unspecified atom stereocenters. The van der Waals surface area contributed by atoms with Gasteiger partial charge in [-0.3, -0.25) is 0 Å². The summed E-state index contributed by atoms with van der Waals surface area (Å²) in [5, 5.41) is 4.51. The number of aromatic nitrogens is 2. The number of hydrogen-bond donors (Lipinski definition) is 1. The van der Waals surface area contributed by atoms with E-state index in [1.54, 1.807) is 0 Å². The second kappa shape index (κ2) is 4.45. The van der Waals surface area contributed by atoms with Gasteiger partial charge in [0.1, 0.15) is 10.8 Å². The summed E-state index contributed by atoms with van der Waals surface area (Å²) in [5.74, 6) is 0.931. The number of aryl methyl sites for hydroxylation is 3. The van der Waals surface area contributed by atoms with Gasteiger partial charge in [0.05, 0.1) is 12.2 Å². The normalized spacial score (nSPS) is 13.7. The van der Waals surface area contributed by atoms with E-state index in [9.17, 15) is 0 Å². The van der Waals surface area contributed by atoms with Gasteiger partial charge in [-0.25, -0.2) is 9.97 Å². The zero-order valence-corrected chi connectivity index (χ0v) is 10.7. The highest BCUT2D eigenvalue weighted by molar-refractivity contribution is 7.11. The maximum atomic E-state index is 4.66. The fraction of sp³-hybridized carbons (Fsp3) is 0.385. The third kappa shape index (κ3) is 2.31. The molecule has 17 heavy (non-hydrogen) atoms. The lowest BCUT2D eigenvalue weighted by atomic mass is 10.3. The average Bonchev–Trinajstić information content (AvgIpc) is 2.86. The van der Waals surface area contributed by atoms with Crippen molar-refractivity contribution in [3.05, 3.63) is 39.5 Å². The molecule has 1 aliphatic rings. The van der Waals surface area contributed by atoms with Gasteiger partial charge in [0.2, 0.25) is 0 Å². The second-order valence-electron chi connectivity index (χ2n) is 4.40. The summed E-state index contributed by atoms with van der Waals surface area (Å²) in [4.78, 5) is 10.4. The van der Waals surface area contributed by atoms with Crippen LogP contribution in [0.2, 0.25) is 0 Å². The molecule has 88 valence electrons. The number of thiazole rings is 1. The van der Waals surface area contributed by atoms with Crippen molar-refractivity contribution >= 4 is 17.2 Å². The van der Waals surface area contributed by atoms with Gasteiger partial charge in [-0.1, -0.05) is 0 Å². The molecule has 2 heterocycles. The topological polar surface area (TPSA) is 37.8 Å². The first kappa shape index (κ1) is 10.7. The van der Waals surface area contributed by atoms with Crippen LogP contribution in [-0.4, -0.2) is 9.97 Å². The molecule has 0 aromatic carbocycles. The van der Waals surface area contributed by atoms with Gasteiger partial charge >= 0.3 is 0 Å². The average molecular weight is 245 g/mol. The second-order valence-corrected chi connectivity index (χ2v) is 5.57. The molecule has 1 aliphatic carbocycles. The van der Waals surface area contributed by atoms with Gasteiger partial charge in [-0.2, -0.15) is 0 Å². The highest BCUT2D eigenvalue weighted by atomic mass is 32.1. The van der Waals surface area contributed by atoms with Crippen LogP contribution in [0, 0.1) is 6.92 Å². The standard InChI is InChI=1S/C13H15N3S/c1-9-5-6-14-12(7-9)15-8-13-16-10-3-2-4-11(10)17-13/h5-7H,2-4,8H2,1H3,(H,14,15). The molecule has 4 heteroatoms. The van der Waals surface area contributed by atoms with Crippen molar-refractivity contribution in [2.75, 3.05) is 5.32 Å². The number of hydrogen-bond acceptors (Lipinski definition) is 4. The van der Waals surface area contributed by atoms with Gasteiger partial charge in [-0.05, 0) is 43.9 Å². The smallest absolute Gasteiger partial charge is 0.126 e. The van der Waals surface area contributed by atoms with Crippen molar-refractivity contribution < 1.29 is 0 Å². The summed E-state index contributed by atoms with van der Waals surface area (Å²) in [7, 11) is 0. The molecule has 0 aliphatic heterocycles.